The van der Waals surface area contributed by atoms with E-state index >= 15 is 0 Å². The Kier molecular flexibility index (Phi) is 5.24. The molecule has 0 aliphatic carbocycles. The number of carbonyl (C=O) groups excluding carboxylic acids is 3. The number of hydrogen-bond acceptors (Lipinski definition) is 6. The molecular formula is C21H22N4O4. The number of fused-ring (bicyclic) bond motifs is 1. The summed E-state index contributed by atoms with van der Waals surface area (Å²) in [5, 5.41) is 0. The fourth-order valence-electron chi connectivity index (χ4n) is 3.61. The van der Waals surface area contributed by atoms with Gasteiger partial charge in [-0.25, -0.2) is 9.97 Å². The second-order valence-electron chi connectivity index (χ2n) is 7.19. The van der Waals surface area contributed by atoms with Crippen molar-refractivity contribution in [1.29, 1.82) is 0 Å². The van der Waals surface area contributed by atoms with E-state index in [1.54, 1.807) is 41.6 Å². The molecule has 0 spiro atoms. The van der Waals surface area contributed by atoms with Crippen molar-refractivity contribution in [3.8, 4) is 6.01 Å². The standard InChI is InChI=1S/C21H22N4O4/c1-2-14-10-22-21(23-11-14)29-15-6-5-9-24(12-15)18(26)13-25-19(27)16-7-3-4-8-17(16)20(25)28/h3-4,7-8,10-11,15H,2,5-6,9,12-13H2,1H3. The van der Waals surface area contributed by atoms with E-state index in [1.165, 1.54) is 0 Å². The number of nitrogens with zero attached hydrogens (tertiary/aromatic N) is 4. The summed E-state index contributed by atoms with van der Waals surface area (Å²) in [5.41, 5.74) is 1.72. The summed E-state index contributed by atoms with van der Waals surface area (Å²) in [7, 11) is 0. The van der Waals surface area contributed by atoms with Crippen LogP contribution < -0.4 is 4.74 Å². The summed E-state index contributed by atoms with van der Waals surface area (Å²) in [6, 6.07) is 6.92. The van der Waals surface area contributed by atoms with Crippen LogP contribution in [-0.2, 0) is 11.2 Å². The van der Waals surface area contributed by atoms with Gasteiger partial charge in [0.15, 0.2) is 0 Å². The Morgan fingerprint density at radius 3 is 2.41 bits per heavy atom. The van der Waals surface area contributed by atoms with Crippen molar-refractivity contribution < 1.29 is 19.1 Å². The molecule has 1 aromatic carbocycles. The Bertz CT molecular complexity index is 909. The van der Waals surface area contributed by atoms with Crippen molar-refractivity contribution in [1.82, 2.24) is 19.8 Å². The van der Waals surface area contributed by atoms with Gasteiger partial charge in [0.25, 0.3) is 11.8 Å². The molecule has 1 atom stereocenters. The smallest absolute Gasteiger partial charge is 0.316 e. The number of hydrogen-bond donors (Lipinski definition) is 0. The fraction of sp³-hybridized carbons (Fsp3) is 0.381. The molecule has 1 aromatic heterocycles. The number of aryl methyl sites for hydroxylation is 1. The Morgan fingerprint density at radius 1 is 1.14 bits per heavy atom. The number of piperidine rings is 1. The van der Waals surface area contributed by atoms with Crippen LogP contribution in [0.25, 0.3) is 0 Å². The number of likely N-dealkylation sites (tertiary alicyclic amines) is 1. The molecule has 1 fully saturated rings. The molecule has 0 saturated carbocycles. The molecule has 3 amide bonds. The van der Waals surface area contributed by atoms with Gasteiger partial charge in [0, 0.05) is 18.9 Å². The van der Waals surface area contributed by atoms with E-state index in [4.69, 9.17) is 4.74 Å². The predicted octanol–water partition coefficient (Wildman–Crippen LogP) is 1.70. The second-order valence-corrected chi connectivity index (χ2v) is 7.19. The monoisotopic (exact) mass is 394 g/mol. The van der Waals surface area contributed by atoms with E-state index in [2.05, 4.69) is 9.97 Å². The Morgan fingerprint density at radius 2 is 1.79 bits per heavy atom. The zero-order valence-electron chi connectivity index (χ0n) is 16.2. The van der Waals surface area contributed by atoms with Gasteiger partial charge in [-0.15, -0.1) is 0 Å². The van der Waals surface area contributed by atoms with Crippen LogP contribution in [0.3, 0.4) is 0 Å². The first-order valence-corrected chi connectivity index (χ1v) is 9.77. The van der Waals surface area contributed by atoms with Gasteiger partial charge in [0.1, 0.15) is 12.6 Å². The number of ether oxygens (including phenoxy) is 1. The maximum absolute atomic E-state index is 12.8. The SMILES string of the molecule is CCc1cnc(OC2CCCN(C(=O)CN3C(=O)c4ccccc4C3=O)C2)nc1. The molecule has 4 rings (SSSR count). The average molecular weight is 394 g/mol. The van der Waals surface area contributed by atoms with Gasteiger partial charge in [0.05, 0.1) is 17.7 Å². The van der Waals surface area contributed by atoms with E-state index in [0.717, 1.165) is 29.7 Å². The number of carbonyl (C=O) groups is 3. The topological polar surface area (TPSA) is 92.7 Å². The first-order valence-electron chi connectivity index (χ1n) is 9.77. The third-order valence-electron chi connectivity index (χ3n) is 5.26. The van der Waals surface area contributed by atoms with Gasteiger partial charge < -0.3 is 9.64 Å². The van der Waals surface area contributed by atoms with Gasteiger partial charge in [-0.05, 0) is 37.0 Å². The lowest BCUT2D eigenvalue weighted by molar-refractivity contribution is -0.134. The molecular weight excluding hydrogens is 372 g/mol. The Balaban J connectivity index is 1.38. The molecule has 2 aliphatic rings. The molecule has 8 nitrogen and oxygen atoms in total. The first-order chi connectivity index (χ1) is 14.1. The van der Waals surface area contributed by atoms with E-state index in [0.29, 0.717) is 30.2 Å². The molecule has 8 heteroatoms. The second kappa shape index (κ2) is 7.98. The van der Waals surface area contributed by atoms with Gasteiger partial charge in [-0.3, -0.25) is 19.3 Å². The van der Waals surface area contributed by atoms with Crippen LogP contribution in [0.1, 0.15) is 46.0 Å². The number of aromatic nitrogens is 2. The van der Waals surface area contributed by atoms with Crippen molar-refractivity contribution in [2.24, 2.45) is 0 Å². The molecule has 2 aromatic rings. The lowest BCUT2D eigenvalue weighted by Gasteiger charge is -2.33. The third kappa shape index (κ3) is 3.83. The predicted molar refractivity (Wildman–Crippen MR) is 103 cm³/mol. The van der Waals surface area contributed by atoms with Gasteiger partial charge >= 0.3 is 6.01 Å². The van der Waals surface area contributed by atoms with Crippen molar-refractivity contribution in [3.63, 3.8) is 0 Å². The number of imide groups is 1. The van der Waals surface area contributed by atoms with Gasteiger partial charge in [-0.2, -0.15) is 0 Å². The summed E-state index contributed by atoms with van der Waals surface area (Å²) in [6.45, 7) is 2.71. The molecule has 1 unspecified atom stereocenters. The minimum absolute atomic E-state index is 0.220. The quantitative estimate of drug-likeness (QED) is 0.717. The zero-order chi connectivity index (χ0) is 20.4. The highest BCUT2D eigenvalue weighted by molar-refractivity contribution is 6.22. The Labute approximate surface area is 168 Å². The van der Waals surface area contributed by atoms with Crippen molar-refractivity contribution >= 4 is 17.7 Å². The van der Waals surface area contributed by atoms with E-state index < -0.39 is 11.8 Å². The normalized spacial score (nSPS) is 18.7. The third-order valence-corrected chi connectivity index (χ3v) is 5.26. The largest absolute Gasteiger partial charge is 0.458 e. The van der Waals surface area contributed by atoms with E-state index in [-0.39, 0.29) is 18.6 Å². The minimum atomic E-state index is -0.423. The van der Waals surface area contributed by atoms with E-state index in [9.17, 15) is 14.4 Å². The van der Waals surface area contributed by atoms with Crippen LogP contribution >= 0.6 is 0 Å². The maximum atomic E-state index is 12.8. The van der Waals surface area contributed by atoms with Crippen LogP contribution in [0, 0.1) is 0 Å². The van der Waals surface area contributed by atoms with Crippen molar-refractivity contribution in [2.75, 3.05) is 19.6 Å². The van der Waals surface area contributed by atoms with Crippen LogP contribution in [0.2, 0.25) is 0 Å². The maximum Gasteiger partial charge on any atom is 0.316 e. The number of amides is 3. The Hall–Kier alpha value is -3.29. The summed E-state index contributed by atoms with van der Waals surface area (Å²) in [4.78, 5) is 48.8. The van der Waals surface area contributed by atoms with E-state index in [1.807, 2.05) is 6.92 Å². The highest BCUT2D eigenvalue weighted by Crippen LogP contribution is 2.23. The molecule has 0 N–H and O–H groups in total. The molecule has 2 aliphatic heterocycles. The van der Waals surface area contributed by atoms with Crippen molar-refractivity contribution in [2.45, 2.75) is 32.3 Å². The van der Waals surface area contributed by atoms with Crippen LogP contribution in [0.15, 0.2) is 36.7 Å². The first kappa shape index (κ1) is 19.0. The summed E-state index contributed by atoms with van der Waals surface area (Å²) in [6.07, 6.45) is 5.65. The molecule has 0 bridgehead atoms. The van der Waals surface area contributed by atoms with Gasteiger partial charge in [0.2, 0.25) is 5.91 Å². The van der Waals surface area contributed by atoms with Crippen LogP contribution in [0.4, 0.5) is 0 Å². The molecule has 0 radical (unpaired) electrons. The summed E-state index contributed by atoms with van der Waals surface area (Å²) >= 11 is 0. The number of rotatable bonds is 5. The fourth-order valence-corrected chi connectivity index (χ4v) is 3.61. The average Bonchev–Trinajstić information content (AvgIpc) is 2.99. The zero-order valence-corrected chi connectivity index (χ0v) is 16.2. The van der Waals surface area contributed by atoms with Crippen LogP contribution in [0.5, 0.6) is 6.01 Å². The van der Waals surface area contributed by atoms with Gasteiger partial charge in [-0.1, -0.05) is 19.1 Å². The molecule has 29 heavy (non-hydrogen) atoms. The molecule has 1 saturated heterocycles. The van der Waals surface area contributed by atoms with Crippen molar-refractivity contribution in [3.05, 3.63) is 53.3 Å². The minimum Gasteiger partial charge on any atom is -0.458 e. The summed E-state index contributed by atoms with van der Waals surface area (Å²) in [5.74, 6) is -1.11. The van der Waals surface area contributed by atoms with Crippen LogP contribution in [-0.4, -0.2) is 63.2 Å². The lowest BCUT2D eigenvalue weighted by Crippen LogP contribution is -2.49. The highest BCUT2D eigenvalue weighted by Gasteiger charge is 2.37. The highest BCUT2D eigenvalue weighted by atomic mass is 16.5. The lowest BCUT2D eigenvalue weighted by atomic mass is 10.1. The number of benzene rings is 1. The summed E-state index contributed by atoms with van der Waals surface area (Å²) < 4.78 is 5.83. The molecule has 150 valence electrons. The molecule has 3 heterocycles.